The molecule has 158 valence electrons. The van der Waals surface area contributed by atoms with Crippen molar-refractivity contribution in [3.63, 3.8) is 0 Å². The number of carbonyl (C=O) groups excluding carboxylic acids is 1. The minimum Gasteiger partial charge on any atom is -0.361 e. The van der Waals surface area contributed by atoms with Gasteiger partial charge >= 0.3 is 0 Å². The highest BCUT2D eigenvalue weighted by atomic mass is 32.2. The number of hydrogen-bond acceptors (Lipinski definition) is 5. The number of sulfonamides is 1. The molecule has 0 radical (unpaired) electrons. The smallest absolute Gasteiger partial charge is 0.261 e. The first kappa shape index (κ1) is 21.6. The molecular formula is C22H25N3O4S. The number of hydrogen-bond donors (Lipinski definition) is 2. The van der Waals surface area contributed by atoms with Crippen molar-refractivity contribution in [3.8, 4) is 0 Å². The van der Waals surface area contributed by atoms with E-state index in [1.165, 1.54) is 6.20 Å². The molecule has 2 N–H and O–H groups in total. The van der Waals surface area contributed by atoms with E-state index in [2.05, 4.69) is 29.0 Å². The van der Waals surface area contributed by atoms with Crippen LogP contribution in [-0.4, -0.2) is 19.5 Å². The number of anilines is 2. The molecule has 0 spiro atoms. The van der Waals surface area contributed by atoms with Gasteiger partial charge in [0.2, 0.25) is 0 Å². The SMILES string of the molecule is Cc1oncc1C(=O)Nc1ccc(NS(=O)(=O)c2ccc(CCC(C)C)cc2)cc1. The lowest BCUT2D eigenvalue weighted by atomic mass is 10.0. The third-order valence-corrected chi connectivity index (χ3v) is 6.03. The molecule has 7 nitrogen and oxygen atoms in total. The van der Waals surface area contributed by atoms with E-state index in [9.17, 15) is 13.2 Å². The number of carbonyl (C=O) groups is 1. The lowest BCUT2D eigenvalue weighted by Gasteiger charge is -2.10. The highest BCUT2D eigenvalue weighted by molar-refractivity contribution is 7.92. The summed E-state index contributed by atoms with van der Waals surface area (Å²) in [6.45, 7) is 5.97. The van der Waals surface area contributed by atoms with Gasteiger partial charge in [0.25, 0.3) is 15.9 Å². The average molecular weight is 428 g/mol. The van der Waals surface area contributed by atoms with E-state index in [0.717, 1.165) is 18.4 Å². The fraction of sp³-hybridized carbons (Fsp3) is 0.273. The van der Waals surface area contributed by atoms with Crippen LogP contribution in [0.1, 0.15) is 41.9 Å². The number of aryl methyl sites for hydroxylation is 2. The molecule has 1 heterocycles. The fourth-order valence-electron chi connectivity index (χ4n) is 2.84. The number of nitrogens with one attached hydrogen (secondary N) is 2. The number of rotatable bonds is 8. The molecule has 0 saturated heterocycles. The molecule has 1 aromatic heterocycles. The molecule has 0 aliphatic carbocycles. The van der Waals surface area contributed by atoms with Crippen LogP contribution in [0.5, 0.6) is 0 Å². The Morgan fingerprint density at radius 2 is 1.67 bits per heavy atom. The van der Waals surface area contributed by atoms with Crippen LogP contribution in [0, 0.1) is 12.8 Å². The van der Waals surface area contributed by atoms with Gasteiger partial charge < -0.3 is 9.84 Å². The molecule has 0 fully saturated rings. The van der Waals surface area contributed by atoms with Crippen molar-refractivity contribution >= 4 is 27.3 Å². The minimum absolute atomic E-state index is 0.205. The van der Waals surface area contributed by atoms with E-state index in [-0.39, 0.29) is 10.8 Å². The van der Waals surface area contributed by atoms with Crippen molar-refractivity contribution in [3.05, 3.63) is 71.6 Å². The summed E-state index contributed by atoms with van der Waals surface area (Å²) in [5, 5.41) is 6.30. The van der Waals surface area contributed by atoms with Crippen molar-refractivity contribution in [2.45, 2.75) is 38.5 Å². The molecule has 3 aromatic rings. The van der Waals surface area contributed by atoms with E-state index in [1.54, 1.807) is 43.3 Å². The summed E-state index contributed by atoms with van der Waals surface area (Å²) >= 11 is 0. The number of aromatic nitrogens is 1. The Morgan fingerprint density at radius 3 is 2.23 bits per heavy atom. The quantitative estimate of drug-likeness (QED) is 0.546. The Balaban J connectivity index is 1.64. The van der Waals surface area contributed by atoms with E-state index < -0.39 is 10.0 Å². The minimum atomic E-state index is -3.70. The van der Waals surface area contributed by atoms with Crippen LogP contribution in [0.25, 0.3) is 0 Å². The second-order valence-electron chi connectivity index (χ2n) is 7.51. The van der Waals surface area contributed by atoms with Crippen molar-refractivity contribution in [1.82, 2.24) is 5.16 Å². The maximum absolute atomic E-state index is 12.6. The summed E-state index contributed by atoms with van der Waals surface area (Å²) in [5.74, 6) is 0.676. The van der Waals surface area contributed by atoms with E-state index in [0.29, 0.717) is 28.6 Å². The number of nitrogens with zero attached hydrogens (tertiary/aromatic N) is 1. The van der Waals surface area contributed by atoms with Gasteiger partial charge in [-0.25, -0.2) is 8.42 Å². The standard InChI is InChI=1S/C22H25N3O4S/c1-15(2)4-5-17-6-12-20(13-7-17)30(27,28)25-19-10-8-18(9-11-19)24-22(26)21-14-23-29-16(21)3/h6-15,25H,4-5H2,1-3H3,(H,24,26). The van der Waals surface area contributed by atoms with Crippen molar-refractivity contribution in [1.29, 1.82) is 0 Å². The molecule has 1 amide bonds. The average Bonchev–Trinajstić information content (AvgIpc) is 3.14. The summed E-state index contributed by atoms with van der Waals surface area (Å²) in [6.07, 6.45) is 3.33. The van der Waals surface area contributed by atoms with E-state index in [4.69, 9.17) is 4.52 Å². The van der Waals surface area contributed by atoms with E-state index in [1.807, 2.05) is 12.1 Å². The van der Waals surface area contributed by atoms with Crippen LogP contribution in [-0.2, 0) is 16.4 Å². The van der Waals surface area contributed by atoms with Crippen LogP contribution < -0.4 is 10.0 Å². The maximum atomic E-state index is 12.6. The molecule has 2 aromatic carbocycles. The third-order valence-electron chi connectivity index (χ3n) is 4.63. The predicted molar refractivity (Wildman–Crippen MR) is 116 cm³/mol. The second-order valence-corrected chi connectivity index (χ2v) is 9.19. The molecule has 0 aliphatic rings. The van der Waals surface area contributed by atoms with Crippen LogP contribution >= 0.6 is 0 Å². The summed E-state index contributed by atoms with van der Waals surface area (Å²) in [4.78, 5) is 12.4. The first-order valence-electron chi connectivity index (χ1n) is 9.69. The van der Waals surface area contributed by atoms with E-state index >= 15 is 0 Å². The molecule has 0 atom stereocenters. The van der Waals surface area contributed by atoms with Crippen LogP contribution in [0.2, 0.25) is 0 Å². The van der Waals surface area contributed by atoms with Gasteiger partial charge in [-0.15, -0.1) is 0 Å². The predicted octanol–water partition coefficient (Wildman–Crippen LogP) is 4.62. The zero-order chi connectivity index (χ0) is 21.7. The van der Waals surface area contributed by atoms with Gasteiger partial charge in [0.05, 0.1) is 11.1 Å². The first-order valence-corrected chi connectivity index (χ1v) is 11.2. The van der Waals surface area contributed by atoms with Gasteiger partial charge in [0.15, 0.2) is 0 Å². The largest absolute Gasteiger partial charge is 0.361 e. The zero-order valence-corrected chi connectivity index (χ0v) is 18.0. The molecule has 0 saturated carbocycles. The monoisotopic (exact) mass is 427 g/mol. The van der Waals surface area contributed by atoms with Gasteiger partial charge in [-0.05, 0) is 67.6 Å². The summed E-state index contributed by atoms with van der Waals surface area (Å²) < 4.78 is 32.7. The topological polar surface area (TPSA) is 101 Å². The number of amides is 1. The Hall–Kier alpha value is -3.13. The highest BCUT2D eigenvalue weighted by Gasteiger charge is 2.15. The molecule has 30 heavy (non-hydrogen) atoms. The molecular weight excluding hydrogens is 402 g/mol. The number of benzene rings is 2. The van der Waals surface area contributed by atoms with Crippen LogP contribution in [0.15, 0.2) is 64.1 Å². The lowest BCUT2D eigenvalue weighted by Crippen LogP contribution is -2.14. The summed E-state index contributed by atoms with van der Waals surface area (Å²) in [5.41, 5.74) is 2.39. The van der Waals surface area contributed by atoms with Crippen LogP contribution in [0.3, 0.4) is 0 Å². The zero-order valence-electron chi connectivity index (χ0n) is 17.2. The van der Waals surface area contributed by atoms with Gasteiger partial charge in [-0.3, -0.25) is 9.52 Å². The third kappa shape index (κ3) is 5.48. The summed E-state index contributed by atoms with van der Waals surface area (Å²) in [6, 6.07) is 13.4. The van der Waals surface area contributed by atoms with Gasteiger partial charge in [0.1, 0.15) is 11.3 Å². The normalized spacial score (nSPS) is 11.5. The highest BCUT2D eigenvalue weighted by Crippen LogP contribution is 2.20. The summed E-state index contributed by atoms with van der Waals surface area (Å²) in [7, 11) is -3.70. The Morgan fingerprint density at radius 1 is 1.03 bits per heavy atom. The van der Waals surface area contributed by atoms with Gasteiger partial charge in [0, 0.05) is 11.4 Å². The molecule has 3 rings (SSSR count). The first-order chi connectivity index (χ1) is 14.2. The molecule has 0 unspecified atom stereocenters. The Labute approximate surface area is 176 Å². The second kappa shape index (κ2) is 9.13. The van der Waals surface area contributed by atoms with Gasteiger partial charge in [-0.1, -0.05) is 31.1 Å². The van der Waals surface area contributed by atoms with Crippen molar-refractivity contribution in [2.24, 2.45) is 5.92 Å². The molecule has 0 aliphatic heterocycles. The van der Waals surface area contributed by atoms with Crippen LogP contribution in [0.4, 0.5) is 11.4 Å². The maximum Gasteiger partial charge on any atom is 0.261 e. The Kier molecular flexibility index (Phi) is 6.56. The van der Waals surface area contributed by atoms with Crippen molar-refractivity contribution < 1.29 is 17.7 Å². The fourth-order valence-corrected chi connectivity index (χ4v) is 3.90. The Bertz CT molecular complexity index is 1100. The van der Waals surface area contributed by atoms with Gasteiger partial charge in [-0.2, -0.15) is 0 Å². The molecule has 0 bridgehead atoms. The molecule has 8 heteroatoms. The van der Waals surface area contributed by atoms with Crippen molar-refractivity contribution in [2.75, 3.05) is 10.0 Å². The lowest BCUT2D eigenvalue weighted by molar-refractivity contribution is 0.102.